The summed E-state index contributed by atoms with van der Waals surface area (Å²) in [6, 6.07) is 10.6. The normalized spacial score (nSPS) is 14.1. The van der Waals surface area contributed by atoms with Crippen LogP contribution in [0, 0.1) is 13.8 Å². The molecule has 2 aromatic rings. The zero-order valence-electron chi connectivity index (χ0n) is 13.0. The molecule has 22 heavy (non-hydrogen) atoms. The van der Waals surface area contributed by atoms with E-state index in [0.29, 0.717) is 18.3 Å². The molecule has 1 N–H and O–H groups in total. The number of benzene rings is 1. The van der Waals surface area contributed by atoms with Gasteiger partial charge in [-0.2, -0.15) is 0 Å². The van der Waals surface area contributed by atoms with E-state index in [1.165, 1.54) is 30.3 Å². The van der Waals surface area contributed by atoms with Crippen molar-refractivity contribution in [1.29, 1.82) is 0 Å². The van der Waals surface area contributed by atoms with Gasteiger partial charge in [0.15, 0.2) is 5.16 Å². The van der Waals surface area contributed by atoms with E-state index in [9.17, 15) is 4.79 Å². The molecule has 1 aromatic carbocycles. The lowest BCUT2D eigenvalue weighted by molar-refractivity contribution is -0.118. The molecule has 1 heterocycles. The maximum absolute atomic E-state index is 12.0. The Labute approximate surface area is 135 Å². The van der Waals surface area contributed by atoms with Crippen molar-refractivity contribution in [2.24, 2.45) is 0 Å². The molecule has 0 aliphatic heterocycles. The van der Waals surface area contributed by atoms with E-state index in [2.05, 4.69) is 21.8 Å². The van der Waals surface area contributed by atoms with Gasteiger partial charge in [-0.1, -0.05) is 42.1 Å². The Bertz CT molecular complexity index is 662. The standard InChI is InChI=1S/C17H21N3OS/c1-12-13(2)20(15-8-9-15)17(19-12)22-11-16(21)18-10-14-6-4-3-5-7-14/h3-7,15H,8-11H2,1-2H3,(H,18,21). The third kappa shape index (κ3) is 3.53. The minimum absolute atomic E-state index is 0.0505. The Morgan fingerprint density at radius 1 is 1.32 bits per heavy atom. The van der Waals surface area contributed by atoms with Gasteiger partial charge in [0.1, 0.15) is 0 Å². The van der Waals surface area contributed by atoms with Crippen LogP contribution in [-0.4, -0.2) is 21.2 Å². The highest BCUT2D eigenvalue weighted by Crippen LogP contribution is 2.39. The molecule has 1 fully saturated rings. The number of imidazole rings is 1. The summed E-state index contributed by atoms with van der Waals surface area (Å²) in [6.07, 6.45) is 2.45. The fourth-order valence-corrected chi connectivity index (χ4v) is 3.43. The van der Waals surface area contributed by atoms with E-state index in [-0.39, 0.29) is 5.91 Å². The number of rotatable bonds is 6. The van der Waals surface area contributed by atoms with Gasteiger partial charge in [0.05, 0.1) is 11.4 Å². The molecule has 0 atom stereocenters. The minimum atomic E-state index is 0.0505. The van der Waals surface area contributed by atoms with Crippen LogP contribution in [0.25, 0.3) is 0 Å². The summed E-state index contributed by atoms with van der Waals surface area (Å²) < 4.78 is 2.30. The summed E-state index contributed by atoms with van der Waals surface area (Å²) in [4.78, 5) is 16.6. The predicted octanol–water partition coefficient (Wildman–Crippen LogP) is 3.24. The van der Waals surface area contributed by atoms with Crippen molar-refractivity contribution in [3.63, 3.8) is 0 Å². The van der Waals surface area contributed by atoms with Gasteiger partial charge >= 0.3 is 0 Å². The van der Waals surface area contributed by atoms with Crippen LogP contribution in [0.5, 0.6) is 0 Å². The molecule has 0 bridgehead atoms. The van der Waals surface area contributed by atoms with Crippen LogP contribution in [-0.2, 0) is 11.3 Å². The Morgan fingerprint density at radius 2 is 2.05 bits per heavy atom. The third-order valence-corrected chi connectivity index (χ3v) is 4.88. The second-order valence-corrected chi connectivity index (χ2v) is 6.66. The molecule has 1 aromatic heterocycles. The van der Waals surface area contributed by atoms with Crippen molar-refractivity contribution in [1.82, 2.24) is 14.9 Å². The van der Waals surface area contributed by atoms with Gasteiger partial charge in [-0.25, -0.2) is 4.98 Å². The van der Waals surface area contributed by atoms with Crippen LogP contribution in [0.15, 0.2) is 35.5 Å². The fraction of sp³-hybridized carbons (Fsp3) is 0.412. The number of aromatic nitrogens is 2. The van der Waals surface area contributed by atoms with Gasteiger partial charge in [-0.3, -0.25) is 4.79 Å². The van der Waals surface area contributed by atoms with E-state index in [1.54, 1.807) is 0 Å². The first kappa shape index (κ1) is 15.2. The van der Waals surface area contributed by atoms with Gasteiger partial charge in [0, 0.05) is 18.3 Å². The molecular weight excluding hydrogens is 294 g/mol. The van der Waals surface area contributed by atoms with Gasteiger partial charge in [0.25, 0.3) is 0 Å². The second kappa shape index (κ2) is 6.57. The summed E-state index contributed by atoms with van der Waals surface area (Å²) in [5, 5.41) is 3.94. The molecule has 0 unspecified atom stereocenters. The molecule has 0 radical (unpaired) electrons. The largest absolute Gasteiger partial charge is 0.351 e. The molecule has 5 heteroatoms. The summed E-state index contributed by atoms with van der Waals surface area (Å²) in [6.45, 7) is 4.73. The molecule has 4 nitrogen and oxygen atoms in total. The Balaban J connectivity index is 1.54. The van der Waals surface area contributed by atoms with E-state index >= 15 is 0 Å². The molecule has 1 saturated carbocycles. The average Bonchev–Trinajstić information content (AvgIpc) is 3.32. The number of carbonyl (C=O) groups is 1. The molecule has 116 valence electrons. The van der Waals surface area contributed by atoms with E-state index in [1.807, 2.05) is 37.3 Å². The highest BCUT2D eigenvalue weighted by molar-refractivity contribution is 7.99. The number of hydrogen-bond acceptors (Lipinski definition) is 3. The number of aryl methyl sites for hydroxylation is 1. The number of carbonyl (C=O) groups excluding carboxylic acids is 1. The topological polar surface area (TPSA) is 46.9 Å². The maximum atomic E-state index is 12.0. The number of nitrogens with one attached hydrogen (secondary N) is 1. The molecular formula is C17H21N3OS. The average molecular weight is 315 g/mol. The van der Waals surface area contributed by atoms with Crippen molar-refractivity contribution in [3.8, 4) is 0 Å². The second-order valence-electron chi connectivity index (χ2n) is 5.72. The highest BCUT2D eigenvalue weighted by Gasteiger charge is 2.28. The molecule has 3 rings (SSSR count). The SMILES string of the molecule is Cc1nc(SCC(=O)NCc2ccccc2)n(C2CC2)c1C. The Morgan fingerprint density at radius 3 is 2.73 bits per heavy atom. The summed E-state index contributed by atoms with van der Waals surface area (Å²) in [7, 11) is 0. The third-order valence-electron chi connectivity index (χ3n) is 3.93. The lowest BCUT2D eigenvalue weighted by atomic mass is 10.2. The van der Waals surface area contributed by atoms with Crippen LogP contribution >= 0.6 is 11.8 Å². The van der Waals surface area contributed by atoms with Crippen molar-refractivity contribution in [2.75, 3.05) is 5.75 Å². The van der Waals surface area contributed by atoms with E-state index in [4.69, 9.17) is 0 Å². The molecule has 0 saturated heterocycles. The summed E-state index contributed by atoms with van der Waals surface area (Å²) in [5.74, 6) is 0.463. The van der Waals surface area contributed by atoms with E-state index in [0.717, 1.165) is 16.4 Å². The zero-order chi connectivity index (χ0) is 15.5. The number of amides is 1. The lowest BCUT2D eigenvalue weighted by Crippen LogP contribution is -2.24. The highest BCUT2D eigenvalue weighted by atomic mass is 32.2. The quantitative estimate of drug-likeness (QED) is 0.833. The van der Waals surface area contributed by atoms with Crippen molar-refractivity contribution >= 4 is 17.7 Å². The first-order valence-corrected chi connectivity index (χ1v) is 8.62. The maximum Gasteiger partial charge on any atom is 0.230 e. The van der Waals surface area contributed by atoms with Gasteiger partial charge in [-0.05, 0) is 32.3 Å². The fourth-order valence-electron chi connectivity index (χ4n) is 2.44. The van der Waals surface area contributed by atoms with Crippen LogP contribution in [0.1, 0.15) is 35.8 Å². The van der Waals surface area contributed by atoms with Crippen LogP contribution < -0.4 is 5.32 Å². The van der Waals surface area contributed by atoms with Crippen LogP contribution in [0.2, 0.25) is 0 Å². The first-order valence-electron chi connectivity index (χ1n) is 7.64. The predicted molar refractivity (Wildman–Crippen MR) is 89.0 cm³/mol. The van der Waals surface area contributed by atoms with Crippen LogP contribution in [0.4, 0.5) is 0 Å². The van der Waals surface area contributed by atoms with E-state index < -0.39 is 0 Å². The van der Waals surface area contributed by atoms with Crippen molar-refractivity contribution < 1.29 is 4.79 Å². The lowest BCUT2D eigenvalue weighted by Gasteiger charge is -2.08. The number of nitrogens with zero attached hydrogens (tertiary/aromatic N) is 2. The van der Waals surface area contributed by atoms with Gasteiger partial charge in [0.2, 0.25) is 5.91 Å². The molecule has 0 spiro atoms. The monoisotopic (exact) mass is 315 g/mol. The molecule has 1 amide bonds. The smallest absolute Gasteiger partial charge is 0.230 e. The van der Waals surface area contributed by atoms with Crippen molar-refractivity contribution in [2.45, 2.75) is 44.4 Å². The molecule has 1 aliphatic rings. The minimum Gasteiger partial charge on any atom is -0.351 e. The van der Waals surface area contributed by atoms with Crippen LogP contribution in [0.3, 0.4) is 0 Å². The first-order chi connectivity index (χ1) is 10.6. The zero-order valence-corrected chi connectivity index (χ0v) is 13.8. The Kier molecular flexibility index (Phi) is 4.52. The van der Waals surface area contributed by atoms with Crippen molar-refractivity contribution in [3.05, 3.63) is 47.3 Å². The Hall–Kier alpha value is -1.75. The number of thioether (sulfide) groups is 1. The summed E-state index contributed by atoms with van der Waals surface area (Å²) >= 11 is 1.53. The molecule has 1 aliphatic carbocycles. The van der Waals surface area contributed by atoms with Gasteiger partial charge in [-0.15, -0.1) is 0 Å². The van der Waals surface area contributed by atoms with Gasteiger partial charge < -0.3 is 9.88 Å². The number of hydrogen-bond donors (Lipinski definition) is 1. The summed E-state index contributed by atoms with van der Waals surface area (Å²) in [5.41, 5.74) is 3.42.